The Bertz CT molecular complexity index is 346. The normalized spacial score (nSPS) is 9.93. The number of nitrogens with zero attached hydrogens (tertiary/aromatic N) is 1. The second-order valence-electron chi connectivity index (χ2n) is 2.47. The summed E-state index contributed by atoms with van der Waals surface area (Å²) in [6, 6.07) is 1.46. The number of aliphatic hydroxyl groups excluding tert-OH is 1. The summed E-state index contributed by atoms with van der Waals surface area (Å²) in [5.41, 5.74) is 0.401. The smallest absolute Gasteiger partial charge is 0.252 e. The molecular formula is C8H8BrClN2O2. The molecule has 0 aliphatic rings. The highest BCUT2D eigenvalue weighted by atomic mass is 79.9. The van der Waals surface area contributed by atoms with Crippen LogP contribution in [0.5, 0.6) is 0 Å². The average molecular weight is 280 g/mol. The van der Waals surface area contributed by atoms with Crippen LogP contribution in [0.15, 0.2) is 16.7 Å². The van der Waals surface area contributed by atoms with Crippen molar-refractivity contribution in [1.29, 1.82) is 0 Å². The predicted molar refractivity (Wildman–Crippen MR) is 56.4 cm³/mol. The number of amides is 1. The highest BCUT2D eigenvalue weighted by molar-refractivity contribution is 9.10. The highest BCUT2D eigenvalue weighted by Crippen LogP contribution is 2.18. The number of nitrogens with one attached hydrogen (secondary N) is 1. The Morgan fingerprint density at radius 2 is 2.43 bits per heavy atom. The van der Waals surface area contributed by atoms with Crippen LogP contribution in [-0.2, 0) is 0 Å². The van der Waals surface area contributed by atoms with Crippen LogP contribution < -0.4 is 5.32 Å². The first kappa shape index (κ1) is 11.4. The van der Waals surface area contributed by atoms with Crippen LogP contribution in [-0.4, -0.2) is 29.1 Å². The molecule has 0 unspecified atom stereocenters. The first-order valence-electron chi connectivity index (χ1n) is 3.85. The fourth-order valence-electron chi connectivity index (χ4n) is 0.852. The Kier molecular flexibility index (Phi) is 4.31. The van der Waals surface area contributed by atoms with Gasteiger partial charge in [0.2, 0.25) is 0 Å². The van der Waals surface area contributed by atoms with Gasteiger partial charge in [-0.15, -0.1) is 0 Å². The molecule has 1 heterocycles. The van der Waals surface area contributed by atoms with E-state index in [1.807, 2.05) is 0 Å². The van der Waals surface area contributed by atoms with Gasteiger partial charge in [-0.3, -0.25) is 4.79 Å². The number of halogens is 2. The number of hydrogen-bond donors (Lipinski definition) is 2. The van der Waals surface area contributed by atoms with Crippen molar-refractivity contribution in [2.75, 3.05) is 13.2 Å². The van der Waals surface area contributed by atoms with E-state index in [1.54, 1.807) is 0 Å². The molecule has 76 valence electrons. The lowest BCUT2D eigenvalue weighted by atomic mass is 10.2. The number of aromatic nitrogens is 1. The van der Waals surface area contributed by atoms with E-state index in [0.717, 1.165) is 0 Å². The number of carbonyl (C=O) groups excluding carboxylic acids is 1. The standard InChI is InChI=1S/C8H8BrClN2O2/c9-6-4-12-7(10)3-5(6)8(14)11-1-2-13/h3-4,13H,1-2H2,(H,11,14). The minimum absolute atomic E-state index is 0.0951. The summed E-state index contributed by atoms with van der Waals surface area (Å²) in [5, 5.41) is 11.3. The van der Waals surface area contributed by atoms with Gasteiger partial charge in [0.1, 0.15) is 5.15 Å². The minimum atomic E-state index is -0.296. The Morgan fingerprint density at radius 3 is 3.07 bits per heavy atom. The fraction of sp³-hybridized carbons (Fsp3) is 0.250. The molecule has 1 aromatic heterocycles. The maximum Gasteiger partial charge on any atom is 0.252 e. The van der Waals surface area contributed by atoms with E-state index in [9.17, 15) is 4.79 Å². The van der Waals surface area contributed by atoms with Gasteiger partial charge in [0.05, 0.1) is 12.2 Å². The van der Waals surface area contributed by atoms with Crippen molar-refractivity contribution in [2.24, 2.45) is 0 Å². The van der Waals surface area contributed by atoms with Crippen LogP contribution in [0, 0.1) is 0 Å². The van der Waals surface area contributed by atoms with E-state index in [4.69, 9.17) is 16.7 Å². The van der Waals surface area contributed by atoms with Crippen molar-refractivity contribution in [3.63, 3.8) is 0 Å². The molecular weight excluding hydrogens is 271 g/mol. The monoisotopic (exact) mass is 278 g/mol. The number of pyridine rings is 1. The number of rotatable bonds is 3. The lowest BCUT2D eigenvalue weighted by molar-refractivity contribution is 0.0944. The molecule has 0 aliphatic heterocycles. The zero-order valence-corrected chi connectivity index (χ0v) is 9.47. The summed E-state index contributed by atoms with van der Waals surface area (Å²) in [6.45, 7) is 0.118. The van der Waals surface area contributed by atoms with Gasteiger partial charge in [0.15, 0.2) is 0 Å². The Hall–Kier alpha value is -0.650. The summed E-state index contributed by atoms with van der Waals surface area (Å²) in [6.07, 6.45) is 1.45. The van der Waals surface area contributed by atoms with Gasteiger partial charge in [-0.1, -0.05) is 11.6 Å². The first-order valence-corrected chi connectivity index (χ1v) is 5.02. The summed E-state index contributed by atoms with van der Waals surface area (Å²) in [7, 11) is 0. The lowest BCUT2D eigenvalue weighted by Gasteiger charge is -2.04. The van der Waals surface area contributed by atoms with Gasteiger partial charge in [0, 0.05) is 17.2 Å². The van der Waals surface area contributed by atoms with Crippen molar-refractivity contribution in [1.82, 2.24) is 10.3 Å². The van der Waals surface area contributed by atoms with Gasteiger partial charge in [-0.25, -0.2) is 4.98 Å². The zero-order chi connectivity index (χ0) is 10.6. The second kappa shape index (κ2) is 5.29. The van der Waals surface area contributed by atoms with Crippen LogP contribution >= 0.6 is 27.5 Å². The third-order valence-corrected chi connectivity index (χ3v) is 2.30. The largest absolute Gasteiger partial charge is 0.395 e. The Morgan fingerprint density at radius 1 is 1.71 bits per heavy atom. The number of hydrogen-bond acceptors (Lipinski definition) is 3. The molecule has 0 bridgehead atoms. The first-order chi connectivity index (χ1) is 6.65. The highest BCUT2D eigenvalue weighted by Gasteiger charge is 2.10. The third-order valence-electron chi connectivity index (χ3n) is 1.46. The predicted octanol–water partition coefficient (Wildman–Crippen LogP) is 1.22. The molecule has 6 heteroatoms. The van der Waals surface area contributed by atoms with Crippen LogP contribution in [0.1, 0.15) is 10.4 Å². The molecule has 0 aromatic carbocycles. The molecule has 2 N–H and O–H groups in total. The zero-order valence-electron chi connectivity index (χ0n) is 7.13. The van der Waals surface area contributed by atoms with Crippen molar-refractivity contribution in [3.05, 3.63) is 27.5 Å². The van der Waals surface area contributed by atoms with Gasteiger partial charge in [0.25, 0.3) is 5.91 Å². The molecule has 0 atom stereocenters. The van der Waals surface area contributed by atoms with Crippen LogP contribution in [0.25, 0.3) is 0 Å². The molecule has 0 aliphatic carbocycles. The SMILES string of the molecule is O=C(NCCO)c1cc(Cl)ncc1Br. The van der Waals surface area contributed by atoms with Crippen LogP contribution in [0.3, 0.4) is 0 Å². The maximum atomic E-state index is 11.4. The van der Waals surface area contributed by atoms with Crippen molar-refractivity contribution in [2.45, 2.75) is 0 Å². The molecule has 4 nitrogen and oxygen atoms in total. The van der Waals surface area contributed by atoms with Gasteiger partial charge < -0.3 is 10.4 Å². The van der Waals surface area contributed by atoms with Crippen LogP contribution in [0.4, 0.5) is 0 Å². The topological polar surface area (TPSA) is 62.2 Å². The van der Waals surface area contributed by atoms with Crippen molar-refractivity contribution < 1.29 is 9.90 Å². The minimum Gasteiger partial charge on any atom is -0.395 e. The summed E-state index contributed by atoms with van der Waals surface area (Å²) < 4.78 is 0.567. The maximum absolute atomic E-state index is 11.4. The molecule has 1 rings (SSSR count). The molecule has 1 aromatic rings. The van der Waals surface area contributed by atoms with Gasteiger partial charge in [-0.05, 0) is 22.0 Å². The molecule has 1 amide bonds. The second-order valence-corrected chi connectivity index (χ2v) is 3.71. The summed E-state index contributed by atoms with van der Waals surface area (Å²) in [5.74, 6) is -0.296. The van der Waals surface area contributed by atoms with E-state index in [0.29, 0.717) is 10.0 Å². The van der Waals surface area contributed by atoms with E-state index < -0.39 is 0 Å². The number of carbonyl (C=O) groups is 1. The van der Waals surface area contributed by atoms with Gasteiger partial charge in [-0.2, -0.15) is 0 Å². The molecule has 0 radical (unpaired) electrons. The van der Waals surface area contributed by atoms with Crippen LogP contribution in [0.2, 0.25) is 5.15 Å². The quantitative estimate of drug-likeness (QED) is 0.818. The molecule has 0 saturated carbocycles. The van der Waals surface area contributed by atoms with E-state index in [-0.39, 0.29) is 24.2 Å². The fourth-order valence-corrected chi connectivity index (χ4v) is 1.41. The van der Waals surface area contributed by atoms with Crippen molar-refractivity contribution in [3.8, 4) is 0 Å². The van der Waals surface area contributed by atoms with Crippen molar-refractivity contribution >= 4 is 33.4 Å². The van der Waals surface area contributed by atoms with Gasteiger partial charge >= 0.3 is 0 Å². The van der Waals surface area contributed by atoms with E-state index in [2.05, 4.69) is 26.2 Å². The summed E-state index contributed by atoms with van der Waals surface area (Å²) in [4.78, 5) is 15.2. The van der Waals surface area contributed by atoms with E-state index >= 15 is 0 Å². The molecule has 0 saturated heterocycles. The lowest BCUT2D eigenvalue weighted by Crippen LogP contribution is -2.26. The third kappa shape index (κ3) is 2.94. The molecule has 14 heavy (non-hydrogen) atoms. The van der Waals surface area contributed by atoms with E-state index in [1.165, 1.54) is 12.3 Å². The molecule has 0 spiro atoms. The summed E-state index contributed by atoms with van der Waals surface area (Å²) >= 11 is 8.81. The number of aliphatic hydroxyl groups is 1. The molecule has 0 fully saturated rings. The average Bonchev–Trinajstić information content (AvgIpc) is 2.18. The Balaban J connectivity index is 2.83. The Labute approximate surface area is 94.4 Å².